The normalized spacial score (nSPS) is 17.9. The summed E-state index contributed by atoms with van der Waals surface area (Å²) in [5.74, 6) is 2.10. The first-order valence-electron chi connectivity index (χ1n) is 9.44. The summed E-state index contributed by atoms with van der Waals surface area (Å²) >= 11 is 0. The van der Waals surface area contributed by atoms with Gasteiger partial charge in [-0.1, -0.05) is 12.1 Å². The summed E-state index contributed by atoms with van der Waals surface area (Å²) in [7, 11) is 3.58. The van der Waals surface area contributed by atoms with Gasteiger partial charge < -0.3 is 20.1 Å². The molecule has 0 saturated carbocycles. The van der Waals surface area contributed by atoms with E-state index in [1.54, 1.807) is 7.11 Å². The number of aliphatic imine (C=N–C) groups is 1. The number of aliphatic hydroxyl groups excluding tert-OH is 1. The number of likely N-dealkylation sites (tertiary alicyclic amines) is 1. The lowest BCUT2D eigenvalue weighted by atomic mass is 10.0. The van der Waals surface area contributed by atoms with Crippen LogP contribution < -0.4 is 10.1 Å². The smallest absolute Gasteiger partial charge is 0.194 e. The molecule has 1 fully saturated rings. The molecule has 2 atom stereocenters. The largest absolute Gasteiger partial charge is 0.497 e. The number of hydrogen-bond donors (Lipinski definition) is 2. The molecule has 0 aliphatic carbocycles. The van der Waals surface area contributed by atoms with Gasteiger partial charge in [0.05, 0.1) is 26.0 Å². The molecule has 1 aliphatic rings. The Bertz CT molecular complexity index is 762. The molecule has 0 bridgehead atoms. The molecule has 8 heteroatoms. The molecule has 1 aliphatic heterocycles. The van der Waals surface area contributed by atoms with E-state index in [9.17, 15) is 5.11 Å². The summed E-state index contributed by atoms with van der Waals surface area (Å²) < 4.78 is 7.01. The molecule has 2 unspecified atom stereocenters. The van der Waals surface area contributed by atoms with Gasteiger partial charge in [0.1, 0.15) is 5.75 Å². The number of aromatic nitrogens is 2. The zero-order valence-corrected chi connectivity index (χ0v) is 19.0. The Morgan fingerprint density at radius 1 is 1.39 bits per heavy atom. The van der Waals surface area contributed by atoms with E-state index in [0.29, 0.717) is 12.5 Å². The van der Waals surface area contributed by atoms with Crippen LogP contribution in [0.15, 0.2) is 41.7 Å². The van der Waals surface area contributed by atoms with E-state index >= 15 is 0 Å². The number of aryl methyl sites for hydroxylation is 1. The maximum atomic E-state index is 10.5. The second kappa shape index (κ2) is 10.7. The Hall–Kier alpha value is -1.81. The van der Waals surface area contributed by atoms with Gasteiger partial charge in [-0.2, -0.15) is 5.10 Å². The second-order valence-electron chi connectivity index (χ2n) is 6.86. The van der Waals surface area contributed by atoms with Crippen molar-refractivity contribution in [3.8, 4) is 5.75 Å². The van der Waals surface area contributed by atoms with Crippen LogP contribution in [0.4, 0.5) is 0 Å². The molecular formula is C20H30IN5O2. The predicted octanol–water partition coefficient (Wildman–Crippen LogP) is 2.54. The quantitative estimate of drug-likeness (QED) is 0.363. The van der Waals surface area contributed by atoms with Gasteiger partial charge in [-0.3, -0.25) is 9.67 Å². The van der Waals surface area contributed by atoms with Crippen LogP contribution in [0, 0.1) is 0 Å². The summed E-state index contributed by atoms with van der Waals surface area (Å²) in [5, 5.41) is 18.1. The van der Waals surface area contributed by atoms with Crippen LogP contribution in [0.3, 0.4) is 0 Å². The van der Waals surface area contributed by atoms with E-state index in [0.717, 1.165) is 43.3 Å². The van der Waals surface area contributed by atoms with Crippen molar-refractivity contribution in [2.24, 2.45) is 12.0 Å². The first kappa shape index (κ1) is 22.5. The topological polar surface area (TPSA) is 74.9 Å². The van der Waals surface area contributed by atoms with Crippen molar-refractivity contribution >= 4 is 29.9 Å². The van der Waals surface area contributed by atoms with Gasteiger partial charge in [0, 0.05) is 38.8 Å². The molecule has 2 heterocycles. The molecule has 7 nitrogen and oxygen atoms in total. The highest BCUT2D eigenvalue weighted by molar-refractivity contribution is 14.0. The van der Waals surface area contributed by atoms with Crippen molar-refractivity contribution in [2.75, 3.05) is 33.3 Å². The highest BCUT2D eigenvalue weighted by Crippen LogP contribution is 2.27. The summed E-state index contributed by atoms with van der Waals surface area (Å²) in [6.07, 6.45) is 4.48. The fourth-order valence-corrected chi connectivity index (χ4v) is 3.41. The maximum absolute atomic E-state index is 10.5. The van der Waals surface area contributed by atoms with Crippen molar-refractivity contribution in [2.45, 2.75) is 25.4 Å². The van der Waals surface area contributed by atoms with E-state index in [2.05, 4.69) is 33.4 Å². The maximum Gasteiger partial charge on any atom is 0.194 e. The van der Waals surface area contributed by atoms with E-state index in [4.69, 9.17) is 4.74 Å². The van der Waals surface area contributed by atoms with Crippen LogP contribution in [-0.2, 0) is 7.05 Å². The minimum absolute atomic E-state index is 0. The lowest BCUT2D eigenvalue weighted by Gasteiger charge is -2.22. The number of guanidine groups is 1. The third-order valence-electron chi connectivity index (χ3n) is 4.93. The number of hydrogen-bond acceptors (Lipinski definition) is 4. The van der Waals surface area contributed by atoms with Crippen LogP contribution >= 0.6 is 24.0 Å². The monoisotopic (exact) mass is 499 g/mol. The van der Waals surface area contributed by atoms with Crippen molar-refractivity contribution in [1.82, 2.24) is 20.0 Å². The van der Waals surface area contributed by atoms with Gasteiger partial charge in [0.25, 0.3) is 0 Å². The molecule has 1 saturated heterocycles. The number of methoxy groups -OCH3 is 1. The van der Waals surface area contributed by atoms with Gasteiger partial charge in [0.15, 0.2) is 5.96 Å². The first-order chi connectivity index (χ1) is 13.1. The third-order valence-corrected chi connectivity index (χ3v) is 4.93. The molecule has 0 radical (unpaired) electrons. The predicted molar refractivity (Wildman–Crippen MR) is 121 cm³/mol. The Balaban J connectivity index is 0.00000280. The number of nitrogens with one attached hydrogen (secondary N) is 1. The van der Waals surface area contributed by atoms with E-state index in [1.807, 2.05) is 42.2 Å². The lowest BCUT2D eigenvalue weighted by molar-refractivity contribution is 0.186. The van der Waals surface area contributed by atoms with Crippen molar-refractivity contribution < 1.29 is 9.84 Å². The highest BCUT2D eigenvalue weighted by Gasteiger charge is 2.27. The van der Waals surface area contributed by atoms with Crippen LogP contribution in [0.5, 0.6) is 5.75 Å². The Kier molecular flexibility index (Phi) is 8.56. The van der Waals surface area contributed by atoms with Crippen LogP contribution in [-0.4, -0.2) is 59.0 Å². The van der Waals surface area contributed by atoms with Gasteiger partial charge in [-0.05, 0) is 36.6 Å². The summed E-state index contributed by atoms with van der Waals surface area (Å²) in [6.45, 7) is 5.04. The zero-order valence-electron chi connectivity index (χ0n) is 16.7. The minimum atomic E-state index is -0.638. The zero-order chi connectivity index (χ0) is 19.2. The second-order valence-corrected chi connectivity index (χ2v) is 6.86. The minimum Gasteiger partial charge on any atom is -0.497 e. The summed E-state index contributed by atoms with van der Waals surface area (Å²) in [6, 6.07) is 7.46. The molecule has 1 aromatic carbocycles. The SMILES string of the molecule is CCNC(=NCC(O)c1ccc(OC)cc1)N1CCC(c2cnn(C)c2)C1.I. The molecule has 3 rings (SSSR count). The summed E-state index contributed by atoms with van der Waals surface area (Å²) in [4.78, 5) is 6.94. The number of ether oxygens (including phenoxy) is 1. The lowest BCUT2D eigenvalue weighted by Crippen LogP contribution is -2.40. The van der Waals surface area contributed by atoms with E-state index in [-0.39, 0.29) is 24.0 Å². The van der Waals surface area contributed by atoms with Gasteiger partial charge in [0.2, 0.25) is 0 Å². The number of halogens is 1. The van der Waals surface area contributed by atoms with E-state index in [1.165, 1.54) is 5.56 Å². The van der Waals surface area contributed by atoms with Crippen LogP contribution in [0.2, 0.25) is 0 Å². The van der Waals surface area contributed by atoms with E-state index < -0.39 is 6.10 Å². The number of aliphatic hydroxyl groups is 1. The number of benzene rings is 1. The molecule has 154 valence electrons. The van der Waals surface area contributed by atoms with Gasteiger partial charge in [-0.15, -0.1) is 24.0 Å². The van der Waals surface area contributed by atoms with Crippen molar-refractivity contribution in [3.63, 3.8) is 0 Å². The van der Waals surface area contributed by atoms with Gasteiger partial charge in [-0.25, -0.2) is 0 Å². The standard InChI is InChI=1S/C20H29N5O2.HI/c1-4-21-20(22-12-19(26)15-5-7-18(27-3)8-6-15)25-10-9-16(14-25)17-11-23-24(2)13-17;/h5-8,11,13,16,19,26H,4,9-10,12,14H2,1-3H3,(H,21,22);1H. The fourth-order valence-electron chi connectivity index (χ4n) is 3.41. The Morgan fingerprint density at radius 3 is 2.75 bits per heavy atom. The molecule has 1 aromatic heterocycles. The highest BCUT2D eigenvalue weighted by atomic mass is 127. The van der Waals surface area contributed by atoms with Crippen molar-refractivity contribution in [1.29, 1.82) is 0 Å². The Labute approximate surface area is 183 Å². The number of rotatable bonds is 6. The molecule has 0 spiro atoms. The Morgan fingerprint density at radius 2 is 2.14 bits per heavy atom. The fraction of sp³-hybridized carbons (Fsp3) is 0.500. The van der Waals surface area contributed by atoms with Crippen molar-refractivity contribution in [3.05, 3.63) is 47.8 Å². The number of nitrogens with zero attached hydrogens (tertiary/aromatic N) is 4. The van der Waals surface area contributed by atoms with Crippen LogP contribution in [0.1, 0.15) is 36.5 Å². The molecule has 2 N–H and O–H groups in total. The average Bonchev–Trinajstić information content (AvgIpc) is 3.34. The molecular weight excluding hydrogens is 469 g/mol. The van der Waals surface area contributed by atoms with Gasteiger partial charge >= 0.3 is 0 Å². The molecule has 28 heavy (non-hydrogen) atoms. The summed E-state index contributed by atoms with van der Waals surface area (Å²) in [5.41, 5.74) is 2.11. The molecule has 2 aromatic rings. The first-order valence-corrected chi connectivity index (χ1v) is 9.44. The average molecular weight is 499 g/mol. The third kappa shape index (κ3) is 5.60. The van der Waals surface area contributed by atoms with Crippen LogP contribution in [0.25, 0.3) is 0 Å². The molecule has 0 amide bonds.